The second kappa shape index (κ2) is 7.25. The first-order valence-corrected chi connectivity index (χ1v) is 8.77. The van der Waals surface area contributed by atoms with Crippen molar-refractivity contribution in [2.45, 2.75) is 39.3 Å². The second-order valence-corrected chi connectivity index (χ2v) is 6.92. The summed E-state index contributed by atoms with van der Waals surface area (Å²) in [6.07, 6.45) is 1.92. The predicted octanol–water partition coefficient (Wildman–Crippen LogP) is 2.62. The van der Waals surface area contributed by atoms with Gasteiger partial charge in [-0.15, -0.1) is 0 Å². The van der Waals surface area contributed by atoms with Crippen LogP contribution in [0.4, 0.5) is 0 Å². The smallest absolute Gasteiger partial charge is 0.137 e. The third-order valence-electron chi connectivity index (χ3n) is 4.77. The van der Waals surface area contributed by atoms with Crippen LogP contribution in [0, 0.1) is 12.8 Å². The van der Waals surface area contributed by atoms with Crippen LogP contribution in [0.5, 0.6) is 0 Å². The van der Waals surface area contributed by atoms with E-state index in [1.54, 1.807) is 11.8 Å². The van der Waals surface area contributed by atoms with Crippen molar-refractivity contribution in [2.24, 2.45) is 13.0 Å². The molecule has 2 aromatic rings. The Morgan fingerprint density at radius 2 is 2.21 bits per heavy atom. The largest absolute Gasteiger partial charge is 0.380 e. The molecule has 0 aliphatic carbocycles. The van der Waals surface area contributed by atoms with Gasteiger partial charge >= 0.3 is 0 Å². The Morgan fingerprint density at radius 1 is 1.42 bits per heavy atom. The minimum absolute atomic E-state index is 0.191. The number of likely N-dealkylation sites (tertiary alicyclic amines) is 1. The molecule has 0 N–H and O–H groups in total. The van der Waals surface area contributed by atoms with Gasteiger partial charge < -0.3 is 9.26 Å². The van der Waals surface area contributed by atoms with Gasteiger partial charge in [0.25, 0.3) is 0 Å². The Bertz CT molecular complexity index is 697. The zero-order chi connectivity index (χ0) is 17.3. The highest BCUT2D eigenvalue weighted by Gasteiger charge is 2.34. The monoisotopic (exact) mass is 352 g/mol. The molecule has 6 nitrogen and oxygen atoms in total. The van der Waals surface area contributed by atoms with Crippen LogP contribution < -0.4 is 0 Å². The Labute approximate surface area is 147 Å². The van der Waals surface area contributed by atoms with Crippen molar-refractivity contribution in [3.63, 3.8) is 0 Å². The lowest BCUT2D eigenvalue weighted by molar-refractivity contribution is 0.0761. The first-order valence-electron chi connectivity index (χ1n) is 8.39. The summed E-state index contributed by atoms with van der Waals surface area (Å²) < 4.78 is 12.8. The van der Waals surface area contributed by atoms with E-state index in [9.17, 15) is 0 Å². The molecule has 7 heteroatoms. The maximum atomic E-state index is 6.43. The summed E-state index contributed by atoms with van der Waals surface area (Å²) in [7, 11) is 3.67. The summed E-state index contributed by atoms with van der Waals surface area (Å²) in [5.74, 6) is 1.32. The maximum absolute atomic E-state index is 6.43. The molecule has 0 saturated carbocycles. The minimum Gasteiger partial charge on any atom is -0.380 e. The molecule has 2 atom stereocenters. The van der Waals surface area contributed by atoms with Gasteiger partial charge in [0.15, 0.2) is 0 Å². The van der Waals surface area contributed by atoms with Crippen molar-refractivity contribution >= 4 is 11.6 Å². The van der Waals surface area contributed by atoms with Crippen molar-refractivity contribution in [1.82, 2.24) is 19.8 Å². The van der Waals surface area contributed by atoms with Gasteiger partial charge in [0.05, 0.1) is 17.5 Å². The molecule has 1 aliphatic heterocycles. The molecular formula is C17H25ClN4O2. The van der Waals surface area contributed by atoms with Crippen LogP contribution in [0.25, 0.3) is 0 Å². The average Bonchev–Trinajstić information content (AvgIpc) is 3.22. The standard InChI is InChI=1S/C17H25ClN4O2/c1-5-15-14(17(18)21(3)19-15)9-22-8-12(16(10-22)23-4)7-13-6-11(2)20-24-13/h6,12,16H,5,7-10H2,1-4H3/t12-,16+/m1/s1. The van der Waals surface area contributed by atoms with Crippen LogP contribution in [-0.2, 0) is 31.2 Å². The molecule has 1 fully saturated rings. The van der Waals surface area contributed by atoms with Gasteiger partial charge in [0, 0.05) is 57.8 Å². The summed E-state index contributed by atoms with van der Waals surface area (Å²) in [4.78, 5) is 2.39. The zero-order valence-corrected chi connectivity index (χ0v) is 15.5. The number of ether oxygens (including phenoxy) is 1. The van der Waals surface area contributed by atoms with Gasteiger partial charge in [-0.1, -0.05) is 23.7 Å². The lowest BCUT2D eigenvalue weighted by Crippen LogP contribution is -2.23. The van der Waals surface area contributed by atoms with Crippen molar-refractivity contribution in [1.29, 1.82) is 0 Å². The number of hydrogen-bond donors (Lipinski definition) is 0. The van der Waals surface area contributed by atoms with E-state index in [2.05, 4.69) is 22.1 Å². The Hall–Kier alpha value is -1.37. The number of methoxy groups -OCH3 is 1. The van der Waals surface area contributed by atoms with E-state index < -0.39 is 0 Å². The van der Waals surface area contributed by atoms with Crippen molar-refractivity contribution in [3.8, 4) is 0 Å². The number of rotatable bonds is 6. The van der Waals surface area contributed by atoms with Crippen LogP contribution >= 0.6 is 11.6 Å². The highest BCUT2D eigenvalue weighted by atomic mass is 35.5. The molecule has 3 rings (SSSR count). The van der Waals surface area contributed by atoms with Crippen molar-refractivity contribution in [3.05, 3.63) is 33.9 Å². The molecule has 132 valence electrons. The van der Waals surface area contributed by atoms with Crippen molar-refractivity contribution < 1.29 is 9.26 Å². The van der Waals surface area contributed by atoms with Crippen LogP contribution in [0.3, 0.4) is 0 Å². The summed E-state index contributed by atoms with van der Waals surface area (Å²) in [5.41, 5.74) is 3.13. The van der Waals surface area contributed by atoms with Gasteiger partial charge in [0.2, 0.25) is 0 Å². The summed E-state index contributed by atoms with van der Waals surface area (Å²) in [6, 6.07) is 2.00. The third kappa shape index (κ3) is 3.50. The van der Waals surface area contributed by atoms with E-state index in [-0.39, 0.29) is 6.10 Å². The Kier molecular flexibility index (Phi) is 5.27. The van der Waals surface area contributed by atoms with E-state index in [1.807, 2.05) is 20.0 Å². The summed E-state index contributed by atoms with van der Waals surface area (Å²) >= 11 is 6.43. The lowest BCUT2D eigenvalue weighted by atomic mass is 10.0. The summed E-state index contributed by atoms with van der Waals surface area (Å²) in [6.45, 7) is 6.70. The molecule has 24 heavy (non-hydrogen) atoms. The third-order valence-corrected chi connectivity index (χ3v) is 5.24. The molecule has 1 saturated heterocycles. The van der Waals surface area contributed by atoms with Crippen molar-refractivity contribution in [2.75, 3.05) is 20.2 Å². The molecule has 0 radical (unpaired) electrons. The summed E-state index contributed by atoms with van der Waals surface area (Å²) in [5, 5.41) is 9.21. The molecule has 0 unspecified atom stereocenters. The quantitative estimate of drug-likeness (QED) is 0.799. The van der Waals surface area contributed by atoms with Crippen LogP contribution in [0.15, 0.2) is 10.6 Å². The SMILES string of the molecule is CCc1nn(C)c(Cl)c1CN1C[C@@H](Cc2cc(C)no2)[C@@H](OC)C1. The van der Waals surface area contributed by atoms with Gasteiger partial charge in [-0.3, -0.25) is 9.58 Å². The molecule has 0 bridgehead atoms. The zero-order valence-electron chi connectivity index (χ0n) is 14.8. The highest BCUT2D eigenvalue weighted by Crippen LogP contribution is 2.28. The van der Waals surface area contributed by atoms with Gasteiger partial charge in [-0.05, 0) is 13.3 Å². The van der Waals surface area contributed by atoms with Gasteiger partial charge in [-0.2, -0.15) is 5.10 Å². The van der Waals surface area contributed by atoms with E-state index in [0.717, 1.165) is 60.3 Å². The van der Waals surface area contributed by atoms with Crippen LogP contribution in [0.1, 0.15) is 29.6 Å². The van der Waals surface area contributed by atoms with E-state index in [4.69, 9.17) is 20.9 Å². The fourth-order valence-electron chi connectivity index (χ4n) is 3.55. The molecule has 2 aromatic heterocycles. The van der Waals surface area contributed by atoms with E-state index in [0.29, 0.717) is 5.92 Å². The number of hydrogen-bond acceptors (Lipinski definition) is 5. The number of nitrogens with zero attached hydrogens (tertiary/aromatic N) is 4. The number of halogens is 1. The normalized spacial score (nSPS) is 21.7. The van der Waals surface area contributed by atoms with E-state index in [1.165, 1.54) is 0 Å². The molecular weight excluding hydrogens is 328 g/mol. The first kappa shape index (κ1) is 17.5. The molecule has 0 spiro atoms. The van der Waals surface area contributed by atoms with Crippen LogP contribution in [0.2, 0.25) is 5.15 Å². The number of aromatic nitrogens is 3. The predicted molar refractivity (Wildman–Crippen MR) is 92.1 cm³/mol. The van der Waals surface area contributed by atoms with Gasteiger partial charge in [-0.25, -0.2) is 0 Å². The average molecular weight is 353 g/mol. The van der Waals surface area contributed by atoms with E-state index >= 15 is 0 Å². The molecule has 0 aromatic carbocycles. The highest BCUT2D eigenvalue weighted by molar-refractivity contribution is 6.30. The minimum atomic E-state index is 0.191. The fourth-order valence-corrected chi connectivity index (χ4v) is 3.76. The second-order valence-electron chi connectivity index (χ2n) is 6.56. The maximum Gasteiger partial charge on any atom is 0.137 e. The van der Waals surface area contributed by atoms with Crippen LogP contribution in [-0.4, -0.2) is 46.1 Å². The first-order chi connectivity index (χ1) is 11.5. The molecule has 1 aliphatic rings. The Balaban J connectivity index is 1.70. The fraction of sp³-hybridized carbons (Fsp3) is 0.647. The Morgan fingerprint density at radius 3 is 2.83 bits per heavy atom. The number of aryl methyl sites for hydroxylation is 3. The molecule has 3 heterocycles. The lowest BCUT2D eigenvalue weighted by Gasteiger charge is -2.15. The van der Waals surface area contributed by atoms with Gasteiger partial charge in [0.1, 0.15) is 10.9 Å². The molecule has 0 amide bonds. The topological polar surface area (TPSA) is 56.3 Å².